The van der Waals surface area contributed by atoms with Crippen molar-refractivity contribution in [3.8, 4) is 5.69 Å². The second kappa shape index (κ2) is 8.47. The first-order valence-corrected chi connectivity index (χ1v) is 10.8. The number of para-hydroxylation sites is 1. The number of hydrogen-bond acceptors (Lipinski definition) is 5. The molecule has 0 bridgehead atoms. The zero-order valence-electron chi connectivity index (χ0n) is 17.9. The van der Waals surface area contributed by atoms with Gasteiger partial charge < -0.3 is 4.57 Å². The van der Waals surface area contributed by atoms with Crippen molar-refractivity contribution < 1.29 is 14.5 Å². The van der Waals surface area contributed by atoms with Gasteiger partial charge in [-0.1, -0.05) is 35.9 Å². The second-order valence-corrected chi connectivity index (χ2v) is 8.64. The normalized spacial score (nSPS) is 15.1. The summed E-state index contributed by atoms with van der Waals surface area (Å²) >= 11 is 0.851. The highest BCUT2D eigenvalue weighted by atomic mass is 32.2. The van der Waals surface area contributed by atoms with Gasteiger partial charge in [0.2, 0.25) is 0 Å². The van der Waals surface area contributed by atoms with Gasteiger partial charge in [0.05, 0.1) is 16.4 Å². The Morgan fingerprint density at radius 2 is 1.72 bits per heavy atom. The Hall–Kier alpha value is -3.65. The van der Waals surface area contributed by atoms with Gasteiger partial charge in [-0.2, -0.15) is 0 Å². The van der Waals surface area contributed by atoms with Gasteiger partial charge in [0.15, 0.2) is 0 Å². The Balaban J connectivity index is 1.63. The zero-order chi connectivity index (χ0) is 23.0. The lowest BCUT2D eigenvalue weighted by Crippen LogP contribution is -2.27. The average Bonchev–Trinajstić information content (AvgIpc) is 3.18. The molecule has 0 atom stereocenters. The monoisotopic (exact) mass is 447 g/mol. The smallest absolute Gasteiger partial charge is 0.293 e. The minimum atomic E-state index is -0.510. The van der Waals surface area contributed by atoms with Crippen molar-refractivity contribution in [2.75, 3.05) is 0 Å². The van der Waals surface area contributed by atoms with Crippen LogP contribution >= 0.6 is 11.8 Å². The van der Waals surface area contributed by atoms with Crippen molar-refractivity contribution in [3.05, 3.63) is 97.7 Å². The number of benzene rings is 2. The van der Waals surface area contributed by atoms with E-state index < -0.39 is 16.1 Å². The van der Waals surface area contributed by atoms with Gasteiger partial charge >= 0.3 is 0 Å². The Morgan fingerprint density at radius 3 is 2.41 bits per heavy atom. The van der Waals surface area contributed by atoms with Crippen LogP contribution in [0.3, 0.4) is 0 Å². The third-order valence-electron chi connectivity index (χ3n) is 5.44. The standard InChI is InChI=1S/C24H21N3O4S/c1-15-8-10-20(11-9-15)26-16(2)12-19(17(26)3)13-22-23(28)25(24(29)32-22)14-18-6-4-5-7-21(18)27(30)31/h4-13H,14H2,1-3H3/b22-13-. The molecule has 1 aliphatic heterocycles. The van der Waals surface area contributed by atoms with Gasteiger partial charge in [0.1, 0.15) is 0 Å². The molecule has 0 aliphatic carbocycles. The van der Waals surface area contributed by atoms with E-state index >= 15 is 0 Å². The lowest BCUT2D eigenvalue weighted by atomic mass is 10.1. The number of aryl methyl sites for hydroxylation is 2. The predicted octanol–water partition coefficient (Wildman–Crippen LogP) is 5.55. The van der Waals surface area contributed by atoms with E-state index in [1.54, 1.807) is 24.3 Å². The highest BCUT2D eigenvalue weighted by Gasteiger charge is 2.36. The molecule has 1 aliphatic rings. The SMILES string of the molecule is Cc1ccc(-n2c(C)cc(/C=C3\SC(=O)N(Cc4ccccc4[N+](=O)[O-])C3=O)c2C)cc1. The third kappa shape index (κ3) is 3.97. The summed E-state index contributed by atoms with van der Waals surface area (Å²) in [5.74, 6) is -0.446. The summed E-state index contributed by atoms with van der Waals surface area (Å²) in [6.45, 7) is 5.85. The van der Waals surface area contributed by atoms with Crippen LogP contribution in [0.25, 0.3) is 11.8 Å². The number of imide groups is 1. The number of thioether (sulfide) groups is 1. The molecule has 1 aromatic heterocycles. The summed E-state index contributed by atoms with van der Waals surface area (Å²) in [5, 5.41) is 10.8. The van der Waals surface area contributed by atoms with Crippen molar-refractivity contribution in [1.82, 2.24) is 9.47 Å². The first-order chi connectivity index (χ1) is 15.3. The van der Waals surface area contributed by atoms with Crippen LogP contribution < -0.4 is 0 Å². The molecule has 7 nitrogen and oxygen atoms in total. The fraction of sp³-hybridized carbons (Fsp3) is 0.167. The van der Waals surface area contributed by atoms with E-state index in [1.165, 1.54) is 11.6 Å². The molecule has 1 fully saturated rings. The van der Waals surface area contributed by atoms with Crippen molar-refractivity contribution in [2.24, 2.45) is 0 Å². The van der Waals surface area contributed by atoms with E-state index in [-0.39, 0.29) is 12.2 Å². The molecule has 2 aromatic carbocycles. The number of amides is 2. The van der Waals surface area contributed by atoms with Gasteiger partial charge in [0.25, 0.3) is 16.8 Å². The molecule has 0 N–H and O–H groups in total. The molecule has 1 saturated heterocycles. The Labute approximate surface area is 189 Å². The molecule has 0 saturated carbocycles. The summed E-state index contributed by atoms with van der Waals surface area (Å²) in [5.41, 5.74) is 5.21. The summed E-state index contributed by atoms with van der Waals surface area (Å²) in [4.78, 5) is 37.6. The largest absolute Gasteiger partial charge is 0.318 e. The summed E-state index contributed by atoms with van der Waals surface area (Å²) in [6.07, 6.45) is 1.72. The molecule has 0 spiro atoms. The molecule has 0 unspecified atom stereocenters. The topological polar surface area (TPSA) is 85.4 Å². The molecule has 3 aromatic rings. The summed E-state index contributed by atoms with van der Waals surface area (Å²) < 4.78 is 2.10. The Kier molecular flexibility index (Phi) is 5.71. The van der Waals surface area contributed by atoms with Crippen LogP contribution in [0.15, 0.2) is 59.5 Å². The number of rotatable bonds is 5. The minimum Gasteiger partial charge on any atom is -0.318 e. The zero-order valence-corrected chi connectivity index (χ0v) is 18.7. The summed E-state index contributed by atoms with van der Waals surface area (Å²) in [7, 11) is 0. The van der Waals surface area contributed by atoms with E-state index in [4.69, 9.17) is 0 Å². The van der Waals surface area contributed by atoms with Crippen LogP contribution in [0.1, 0.15) is 28.1 Å². The van der Waals surface area contributed by atoms with Gasteiger partial charge in [-0.3, -0.25) is 24.6 Å². The molecule has 4 rings (SSSR count). The fourth-order valence-electron chi connectivity index (χ4n) is 3.80. The molecule has 32 heavy (non-hydrogen) atoms. The first-order valence-electron chi connectivity index (χ1n) is 10.00. The molecule has 2 heterocycles. The average molecular weight is 448 g/mol. The quantitative estimate of drug-likeness (QED) is 0.291. The van der Waals surface area contributed by atoms with Crippen molar-refractivity contribution in [2.45, 2.75) is 27.3 Å². The van der Waals surface area contributed by atoms with Crippen LogP contribution in [0.4, 0.5) is 10.5 Å². The van der Waals surface area contributed by atoms with Crippen LogP contribution in [-0.4, -0.2) is 25.5 Å². The Morgan fingerprint density at radius 1 is 1.03 bits per heavy atom. The van der Waals surface area contributed by atoms with Crippen LogP contribution in [0, 0.1) is 30.9 Å². The number of nitro groups is 1. The highest BCUT2D eigenvalue weighted by molar-refractivity contribution is 8.18. The van der Waals surface area contributed by atoms with E-state index in [9.17, 15) is 19.7 Å². The maximum atomic E-state index is 13.0. The number of hydrogen-bond donors (Lipinski definition) is 0. The number of nitro benzene ring substituents is 1. The molecule has 0 radical (unpaired) electrons. The molecule has 2 amide bonds. The Bertz CT molecular complexity index is 1270. The second-order valence-electron chi connectivity index (χ2n) is 7.65. The molecular weight excluding hydrogens is 426 g/mol. The third-order valence-corrected chi connectivity index (χ3v) is 6.35. The lowest BCUT2D eigenvalue weighted by Gasteiger charge is -2.12. The van der Waals surface area contributed by atoms with Crippen LogP contribution in [0.2, 0.25) is 0 Å². The van der Waals surface area contributed by atoms with Crippen molar-refractivity contribution in [1.29, 1.82) is 0 Å². The molecule has 162 valence electrons. The molecular formula is C24H21N3O4S. The maximum absolute atomic E-state index is 13.0. The van der Waals surface area contributed by atoms with Gasteiger partial charge in [-0.05, 0) is 62.4 Å². The van der Waals surface area contributed by atoms with E-state index in [0.29, 0.717) is 10.5 Å². The van der Waals surface area contributed by atoms with Crippen LogP contribution in [-0.2, 0) is 11.3 Å². The number of carbonyl (C=O) groups is 2. The van der Waals surface area contributed by atoms with E-state index in [2.05, 4.69) is 4.57 Å². The predicted molar refractivity (Wildman–Crippen MR) is 125 cm³/mol. The first kappa shape index (κ1) is 21.6. The van der Waals surface area contributed by atoms with Gasteiger partial charge in [-0.15, -0.1) is 0 Å². The van der Waals surface area contributed by atoms with Crippen molar-refractivity contribution in [3.63, 3.8) is 0 Å². The molecule has 8 heteroatoms. The van der Waals surface area contributed by atoms with E-state index in [0.717, 1.165) is 39.3 Å². The highest BCUT2D eigenvalue weighted by Crippen LogP contribution is 2.35. The fourth-order valence-corrected chi connectivity index (χ4v) is 4.62. The maximum Gasteiger partial charge on any atom is 0.293 e. The minimum absolute atomic E-state index is 0.114. The number of nitrogens with zero attached hydrogens (tertiary/aromatic N) is 3. The lowest BCUT2D eigenvalue weighted by molar-refractivity contribution is -0.385. The number of carbonyl (C=O) groups excluding carboxylic acids is 2. The number of aromatic nitrogens is 1. The van der Waals surface area contributed by atoms with Gasteiger partial charge in [-0.25, -0.2) is 0 Å². The van der Waals surface area contributed by atoms with Gasteiger partial charge in [0, 0.05) is 28.7 Å². The van der Waals surface area contributed by atoms with E-state index in [1.807, 2.05) is 51.1 Å². The van der Waals surface area contributed by atoms with Crippen molar-refractivity contribution >= 4 is 34.7 Å². The summed E-state index contributed by atoms with van der Waals surface area (Å²) in [6, 6.07) is 16.3. The van der Waals surface area contributed by atoms with Crippen LogP contribution in [0.5, 0.6) is 0 Å².